The van der Waals surface area contributed by atoms with Crippen molar-refractivity contribution in [2.24, 2.45) is 0 Å². The van der Waals surface area contributed by atoms with Gasteiger partial charge in [0.15, 0.2) is 5.78 Å². The van der Waals surface area contributed by atoms with Gasteiger partial charge in [-0.2, -0.15) is 0 Å². The van der Waals surface area contributed by atoms with Gasteiger partial charge in [-0.15, -0.1) is 0 Å². The van der Waals surface area contributed by atoms with E-state index in [1.165, 1.54) is 18.2 Å². The molecule has 1 aliphatic heterocycles. The standard InChI is InChI=1S/C22H16FNO3/c1-2-20(25)15-5-3-4-6-16(15)21-10-8-14(27-21)12-18-17-11-13(23)7-9-19(17)24-22(18)26/h3-12H,2H2,1H3,(H,24,26)/b18-12+. The third-order valence-corrected chi connectivity index (χ3v) is 4.49. The van der Waals surface area contributed by atoms with Gasteiger partial charge in [-0.3, -0.25) is 9.59 Å². The molecule has 2 heterocycles. The van der Waals surface area contributed by atoms with Crippen LogP contribution in [0, 0.1) is 5.82 Å². The van der Waals surface area contributed by atoms with Crippen LogP contribution in [-0.2, 0) is 4.79 Å². The van der Waals surface area contributed by atoms with Crippen molar-refractivity contribution >= 4 is 29.0 Å². The van der Waals surface area contributed by atoms with Crippen LogP contribution in [0.1, 0.15) is 35.0 Å². The van der Waals surface area contributed by atoms with Crippen molar-refractivity contribution < 1.29 is 18.4 Å². The molecule has 27 heavy (non-hydrogen) atoms. The lowest BCUT2D eigenvalue weighted by Crippen LogP contribution is -2.03. The van der Waals surface area contributed by atoms with Crippen LogP contribution in [-0.4, -0.2) is 11.7 Å². The van der Waals surface area contributed by atoms with Gasteiger partial charge in [0, 0.05) is 28.8 Å². The van der Waals surface area contributed by atoms with E-state index < -0.39 is 5.82 Å². The van der Waals surface area contributed by atoms with E-state index in [2.05, 4.69) is 5.32 Å². The molecule has 3 aromatic rings. The zero-order chi connectivity index (χ0) is 19.0. The Balaban J connectivity index is 1.73. The van der Waals surface area contributed by atoms with E-state index in [0.717, 1.165) is 0 Å². The lowest BCUT2D eigenvalue weighted by atomic mass is 10.0. The fraction of sp³-hybridized carbons (Fsp3) is 0.0909. The average Bonchev–Trinajstić information content (AvgIpc) is 3.26. The number of hydrogen-bond donors (Lipinski definition) is 1. The lowest BCUT2D eigenvalue weighted by Gasteiger charge is -2.04. The summed E-state index contributed by atoms with van der Waals surface area (Å²) in [6, 6.07) is 14.9. The number of hydrogen-bond acceptors (Lipinski definition) is 3. The molecule has 5 heteroatoms. The quantitative estimate of drug-likeness (QED) is 0.515. The highest BCUT2D eigenvalue weighted by atomic mass is 19.1. The summed E-state index contributed by atoms with van der Waals surface area (Å²) in [6.07, 6.45) is 1.98. The van der Waals surface area contributed by atoms with Gasteiger partial charge < -0.3 is 9.73 Å². The number of benzene rings is 2. The first kappa shape index (κ1) is 17.0. The van der Waals surface area contributed by atoms with Crippen LogP contribution in [0.4, 0.5) is 10.1 Å². The van der Waals surface area contributed by atoms with Crippen LogP contribution >= 0.6 is 0 Å². The molecule has 0 unspecified atom stereocenters. The van der Waals surface area contributed by atoms with Crippen molar-refractivity contribution in [3.63, 3.8) is 0 Å². The lowest BCUT2D eigenvalue weighted by molar-refractivity contribution is -0.110. The van der Waals surface area contributed by atoms with E-state index in [1.807, 2.05) is 25.1 Å². The van der Waals surface area contributed by atoms with E-state index in [9.17, 15) is 14.0 Å². The fourth-order valence-corrected chi connectivity index (χ4v) is 3.15. The second-order valence-corrected chi connectivity index (χ2v) is 6.23. The van der Waals surface area contributed by atoms with Gasteiger partial charge in [0.2, 0.25) is 0 Å². The van der Waals surface area contributed by atoms with Crippen LogP contribution in [0.25, 0.3) is 23.0 Å². The third kappa shape index (κ3) is 3.08. The zero-order valence-corrected chi connectivity index (χ0v) is 14.6. The molecule has 1 aromatic heterocycles. The topological polar surface area (TPSA) is 59.3 Å². The Labute approximate surface area is 155 Å². The molecular formula is C22H16FNO3. The number of carbonyl (C=O) groups excluding carboxylic acids is 2. The number of rotatable bonds is 4. The number of halogens is 1. The van der Waals surface area contributed by atoms with Gasteiger partial charge in [-0.25, -0.2) is 4.39 Å². The summed E-state index contributed by atoms with van der Waals surface area (Å²) in [5, 5.41) is 2.70. The van der Waals surface area contributed by atoms with E-state index >= 15 is 0 Å². The first-order chi connectivity index (χ1) is 13.1. The minimum Gasteiger partial charge on any atom is -0.457 e. The molecule has 2 aromatic carbocycles. The average molecular weight is 361 g/mol. The van der Waals surface area contributed by atoms with Crippen molar-refractivity contribution in [2.75, 3.05) is 5.32 Å². The third-order valence-electron chi connectivity index (χ3n) is 4.49. The molecule has 1 amide bonds. The van der Waals surface area contributed by atoms with E-state index in [4.69, 9.17) is 4.42 Å². The molecule has 1 N–H and O–H groups in total. The molecule has 134 valence electrons. The first-order valence-corrected chi connectivity index (χ1v) is 8.62. The van der Waals surface area contributed by atoms with Crippen LogP contribution in [0.5, 0.6) is 0 Å². The molecule has 4 nitrogen and oxygen atoms in total. The number of carbonyl (C=O) groups is 2. The van der Waals surface area contributed by atoms with Gasteiger partial charge >= 0.3 is 0 Å². The summed E-state index contributed by atoms with van der Waals surface area (Å²) in [4.78, 5) is 24.4. The minimum atomic E-state index is -0.414. The Bertz CT molecular complexity index is 1090. The smallest absolute Gasteiger partial charge is 0.256 e. The number of furan rings is 1. The van der Waals surface area contributed by atoms with Crippen molar-refractivity contribution in [1.29, 1.82) is 0 Å². The van der Waals surface area contributed by atoms with Crippen LogP contribution < -0.4 is 5.32 Å². The van der Waals surface area contributed by atoms with Crippen molar-refractivity contribution in [2.45, 2.75) is 13.3 Å². The van der Waals surface area contributed by atoms with Gasteiger partial charge in [0.1, 0.15) is 17.3 Å². The number of amides is 1. The number of anilines is 1. The van der Waals surface area contributed by atoms with Gasteiger partial charge in [0.05, 0.1) is 5.57 Å². The highest BCUT2D eigenvalue weighted by Crippen LogP contribution is 2.35. The molecule has 0 saturated carbocycles. The summed E-state index contributed by atoms with van der Waals surface area (Å²) in [6.45, 7) is 1.81. The molecule has 0 saturated heterocycles. The molecule has 4 rings (SSSR count). The Kier molecular flexibility index (Phi) is 4.20. The fourth-order valence-electron chi connectivity index (χ4n) is 3.15. The number of nitrogens with one attached hydrogen (secondary N) is 1. The molecular weight excluding hydrogens is 345 g/mol. The summed E-state index contributed by atoms with van der Waals surface area (Å²) >= 11 is 0. The Morgan fingerprint density at radius 1 is 1.11 bits per heavy atom. The minimum absolute atomic E-state index is 0.0291. The molecule has 0 aliphatic carbocycles. The van der Waals surface area contributed by atoms with E-state index in [1.54, 1.807) is 24.3 Å². The summed E-state index contributed by atoms with van der Waals surface area (Å²) < 4.78 is 19.4. The van der Waals surface area contributed by atoms with Crippen molar-refractivity contribution in [3.05, 3.63) is 77.3 Å². The van der Waals surface area contributed by atoms with Crippen LogP contribution in [0.15, 0.2) is 59.0 Å². The monoisotopic (exact) mass is 361 g/mol. The molecule has 0 radical (unpaired) electrons. The van der Waals surface area contributed by atoms with Crippen molar-refractivity contribution in [1.82, 2.24) is 0 Å². The van der Waals surface area contributed by atoms with Gasteiger partial charge in [-0.1, -0.05) is 31.2 Å². The maximum Gasteiger partial charge on any atom is 0.256 e. The number of fused-ring (bicyclic) bond motifs is 1. The second kappa shape index (κ2) is 6.68. The summed E-state index contributed by atoms with van der Waals surface area (Å²) in [5.74, 6) is 0.294. The summed E-state index contributed by atoms with van der Waals surface area (Å²) in [5.41, 5.74) is 2.71. The predicted octanol–water partition coefficient (Wildman–Crippen LogP) is 5.17. The highest BCUT2D eigenvalue weighted by molar-refractivity contribution is 6.34. The predicted molar refractivity (Wildman–Crippen MR) is 102 cm³/mol. The Morgan fingerprint density at radius 2 is 1.93 bits per heavy atom. The maximum absolute atomic E-state index is 13.6. The van der Waals surface area contributed by atoms with Crippen molar-refractivity contribution in [3.8, 4) is 11.3 Å². The highest BCUT2D eigenvalue weighted by Gasteiger charge is 2.25. The normalized spacial score (nSPS) is 14.3. The number of ketones is 1. The maximum atomic E-state index is 13.6. The Hall–Kier alpha value is -3.47. The molecule has 0 bridgehead atoms. The summed E-state index contributed by atoms with van der Waals surface area (Å²) in [7, 11) is 0. The molecule has 1 aliphatic rings. The number of Topliss-reactive ketones (excluding diaryl/α,β-unsaturated/α-hetero) is 1. The largest absolute Gasteiger partial charge is 0.457 e. The molecule has 0 atom stereocenters. The molecule has 0 fully saturated rings. The van der Waals surface area contributed by atoms with Crippen LogP contribution in [0.3, 0.4) is 0 Å². The molecule has 0 spiro atoms. The van der Waals surface area contributed by atoms with Gasteiger partial charge in [-0.05, 0) is 36.4 Å². The van der Waals surface area contributed by atoms with Crippen LogP contribution in [0.2, 0.25) is 0 Å². The van der Waals surface area contributed by atoms with E-state index in [-0.39, 0.29) is 11.7 Å². The van der Waals surface area contributed by atoms with E-state index in [0.29, 0.717) is 45.9 Å². The first-order valence-electron chi connectivity index (χ1n) is 8.62. The van der Waals surface area contributed by atoms with Gasteiger partial charge in [0.25, 0.3) is 5.91 Å². The second-order valence-electron chi connectivity index (χ2n) is 6.23. The SMILES string of the molecule is CCC(=O)c1ccccc1-c1ccc(/C=C2/C(=O)Nc3ccc(F)cc32)o1. The Morgan fingerprint density at radius 3 is 2.74 bits per heavy atom. The zero-order valence-electron chi connectivity index (χ0n) is 14.6.